The van der Waals surface area contributed by atoms with Crippen LogP contribution in [-0.4, -0.2) is 53.6 Å². The third-order valence-corrected chi connectivity index (χ3v) is 7.28. The summed E-state index contributed by atoms with van der Waals surface area (Å²) in [6.45, 7) is 3.84. The average Bonchev–Trinajstić information content (AvgIpc) is 2.66. The lowest BCUT2D eigenvalue weighted by atomic mass is 9.93. The third-order valence-electron chi connectivity index (χ3n) is 4.98. The number of piperidine rings is 1. The number of hydroxylamine groups is 1. The highest BCUT2D eigenvalue weighted by atomic mass is 32.2. The van der Waals surface area contributed by atoms with E-state index in [-0.39, 0.29) is 17.9 Å². The van der Waals surface area contributed by atoms with E-state index in [2.05, 4.69) is 10.3 Å². The monoisotopic (exact) mass is 405 g/mol. The number of sulfone groups is 1. The van der Waals surface area contributed by atoms with E-state index >= 15 is 0 Å². The van der Waals surface area contributed by atoms with Crippen LogP contribution in [0.25, 0.3) is 11.1 Å². The van der Waals surface area contributed by atoms with Crippen LogP contribution in [0.1, 0.15) is 17.8 Å². The minimum Gasteiger partial charge on any atom is -0.377 e. The summed E-state index contributed by atoms with van der Waals surface area (Å²) in [4.78, 5) is 16.3. The van der Waals surface area contributed by atoms with Gasteiger partial charge in [0.2, 0.25) is 0 Å². The Kier molecular flexibility index (Phi) is 5.53. The van der Waals surface area contributed by atoms with E-state index in [1.807, 2.05) is 26.0 Å². The number of benzene rings is 1. The summed E-state index contributed by atoms with van der Waals surface area (Å²) in [6, 6.07) is 10.1. The highest BCUT2D eigenvalue weighted by Gasteiger charge is 2.52. The first-order valence-corrected chi connectivity index (χ1v) is 10.4. The van der Waals surface area contributed by atoms with Crippen molar-refractivity contribution in [3.05, 3.63) is 47.8 Å². The van der Waals surface area contributed by atoms with Crippen LogP contribution in [0.4, 0.5) is 0 Å². The summed E-state index contributed by atoms with van der Waals surface area (Å²) >= 11 is 0. The van der Waals surface area contributed by atoms with Crippen LogP contribution < -0.4 is 10.8 Å². The number of aryl methyl sites for hydroxylation is 2. The van der Waals surface area contributed by atoms with Gasteiger partial charge in [0, 0.05) is 17.9 Å². The zero-order valence-corrected chi connectivity index (χ0v) is 16.5. The van der Waals surface area contributed by atoms with E-state index in [4.69, 9.17) is 5.21 Å². The molecule has 150 valence electrons. The van der Waals surface area contributed by atoms with Crippen LogP contribution in [0.2, 0.25) is 0 Å². The van der Waals surface area contributed by atoms with Crippen molar-refractivity contribution >= 4 is 15.7 Å². The number of carbonyl (C=O) groups is 1. The summed E-state index contributed by atoms with van der Waals surface area (Å²) in [5.74, 6) is -1.15. The molecule has 2 heterocycles. The van der Waals surface area contributed by atoms with Gasteiger partial charge in [-0.3, -0.25) is 15.0 Å². The van der Waals surface area contributed by atoms with Gasteiger partial charge in [0.1, 0.15) is 5.25 Å². The molecule has 2 atom stereocenters. The minimum absolute atomic E-state index is 0.00909. The van der Waals surface area contributed by atoms with Crippen molar-refractivity contribution in [1.29, 1.82) is 0 Å². The van der Waals surface area contributed by atoms with Gasteiger partial charge in [-0.15, -0.1) is 0 Å². The Morgan fingerprint density at radius 2 is 1.79 bits per heavy atom. The molecule has 1 aromatic heterocycles. The van der Waals surface area contributed by atoms with E-state index in [0.29, 0.717) is 6.54 Å². The third kappa shape index (κ3) is 3.66. The van der Waals surface area contributed by atoms with Gasteiger partial charge in [0.15, 0.2) is 15.4 Å². The highest BCUT2D eigenvalue weighted by molar-refractivity contribution is 7.92. The predicted octanol–water partition coefficient (Wildman–Crippen LogP) is 0.738. The molecule has 1 aliphatic heterocycles. The Morgan fingerprint density at radius 1 is 1.18 bits per heavy atom. The maximum Gasteiger partial charge on any atom is 0.277 e. The van der Waals surface area contributed by atoms with Gasteiger partial charge in [-0.2, -0.15) is 0 Å². The second-order valence-electron chi connectivity index (χ2n) is 7.03. The molecular weight excluding hydrogens is 382 g/mol. The lowest BCUT2D eigenvalue weighted by Crippen LogP contribution is -2.65. The molecule has 3 rings (SSSR count). The second kappa shape index (κ2) is 7.59. The molecule has 8 nitrogen and oxygen atoms in total. The van der Waals surface area contributed by atoms with Crippen LogP contribution in [0.5, 0.6) is 0 Å². The number of β-amino-alcohol motifs (C(OH)–C–C–N with tert-alkyl or cyclic N) is 1. The smallest absolute Gasteiger partial charge is 0.277 e. The number of aromatic nitrogens is 1. The summed E-state index contributed by atoms with van der Waals surface area (Å²) in [5, 5.41) is 21.0. The molecule has 2 unspecified atom stereocenters. The fourth-order valence-electron chi connectivity index (χ4n) is 3.60. The molecule has 1 amide bonds. The number of pyridine rings is 1. The van der Waals surface area contributed by atoms with Crippen LogP contribution in [-0.2, 0) is 14.6 Å². The molecule has 4 N–H and O–H groups in total. The number of nitrogens with zero attached hydrogens (tertiary/aromatic N) is 1. The lowest BCUT2D eigenvalue weighted by molar-refractivity contribution is -0.149. The van der Waals surface area contributed by atoms with Gasteiger partial charge in [-0.05, 0) is 62.2 Å². The van der Waals surface area contributed by atoms with Crippen molar-refractivity contribution in [2.45, 2.75) is 36.0 Å². The number of nitrogens with one attached hydrogen (secondary N) is 2. The fraction of sp³-hybridized carbons (Fsp3) is 0.368. The number of amides is 1. The normalized spacial score (nSPS) is 22.6. The summed E-state index contributed by atoms with van der Waals surface area (Å²) in [5.41, 5.74) is 2.59. The number of hydrogen-bond donors (Lipinski definition) is 4. The van der Waals surface area contributed by atoms with Gasteiger partial charge in [-0.1, -0.05) is 12.1 Å². The number of carbonyl (C=O) groups excluding carboxylic acids is 1. The van der Waals surface area contributed by atoms with Crippen molar-refractivity contribution in [2.24, 2.45) is 0 Å². The van der Waals surface area contributed by atoms with Crippen LogP contribution in [0.15, 0.2) is 41.3 Å². The Bertz CT molecular complexity index is 971. The second-order valence-corrected chi connectivity index (χ2v) is 9.16. The Morgan fingerprint density at radius 3 is 2.36 bits per heavy atom. The highest BCUT2D eigenvalue weighted by Crippen LogP contribution is 2.31. The van der Waals surface area contributed by atoms with Gasteiger partial charge in [0.05, 0.1) is 4.90 Å². The van der Waals surface area contributed by atoms with Gasteiger partial charge in [-0.25, -0.2) is 13.9 Å². The van der Waals surface area contributed by atoms with Crippen molar-refractivity contribution < 1.29 is 23.5 Å². The van der Waals surface area contributed by atoms with Crippen LogP contribution in [0.3, 0.4) is 0 Å². The molecule has 28 heavy (non-hydrogen) atoms. The molecule has 1 fully saturated rings. The first kappa shape index (κ1) is 20.4. The molecular formula is C19H23N3O5S. The average molecular weight is 405 g/mol. The molecule has 0 bridgehead atoms. The maximum atomic E-state index is 13.1. The van der Waals surface area contributed by atoms with Crippen molar-refractivity contribution in [1.82, 2.24) is 15.8 Å². The molecule has 0 aliphatic carbocycles. The Labute approximate surface area is 163 Å². The van der Waals surface area contributed by atoms with Crippen molar-refractivity contribution in [2.75, 3.05) is 13.1 Å². The van der Waals surface area contributed by atoms with Gasteiger partial charge >= 0.3 is 0 Å². The summed E-state index contributed by atoms with van der Waals surface area (Å²) in [6.07, 6.45) is 0.0384. The largest absolute Gasteiger partial charge is 0.377 e. The Hall–Kier alpha value is -2.33. The number of rotatable bonds is 4. The number of aliphatic hydroxyl groups is 1. The van der Waals surface area contributed by atoms with E-state index in [9.17, 15) is 18.3 Å². The van der Waals surface area contributed by atoms with Gasteiger partial charge in [0.25, 0.3) is 5.91 Å². The summed E-state index contributed by atoms with van der Waals surface area (Å²) < 4.78 is 26.2. The molecule has 0 saturated carbocycles. The van der Waals surface area contributed by atoms with E-state index in [0.717, 1.165) is 22.5 Å². The van der Waals surface area contributed by atoms with Crippen molar-refractivity contribution in [3.8, 4) is 11.1 Å². The molecule has 0 spiro atoms. The summed E-state index contributed by atoms with van der Waals surface area (Å²) in [7, 11) is -4.01. The fourth-order valence-corrected chi connectivity index (χ4v) is 5.58. The van der Waals surface area contributed by atoms with E-state index in [1.165, 1.54) is 17.6 Å². The lowest BCUT2D eigenvalue weighted by Gasteiger charge is -2.37. The molecule has 2 aromatic rings. The zero-order chi connectivity index (χ0) is 20.5. The quantitative estimate of drug-likeness (QED) is 0.436. The van der Waals surface area contributed by atoms with Crippen LogP contribution >= 0.6 is 0 Å². The van der Waals surface area contributed by atoms with Gasteiger partial charge < -0.3 is 10.4 Å². The predicted molar refractivity (Wildman–Crippen MR) is 102 cm³/mol. The minimum atomic E-state index is -4.01. The molecule has 9 heteroatoms. The van der Waals surface area contributed by atoms with Crippen molar-refractivity contribution in [3.63, 3.8) is 0 Å². The zero-order valence-electron chi connectivity index (χ0n) is 15.6. The Balaban J connectivity index is 1.96. The van der Waals surface area contributed by atoms with E-state index in [1.54, 1.807) is 12.1 Å². The number of hydrogen-bond acceptors (Lipinski definition) is 7. The van der Waals surface area contributed by atoms with Crippen LogP contribution in [0, 0.1) is 13.8 Å². The maximum absolute atomic E-state index is 13.1. The molecule has 0 radical (unpaired) electrons. The SMILES string of the molecule is Cc1cc(-c2ccc(S(=O)(=O)C3CCNCC3(O)C(=O)NO)cc2)cc(C)n1. The first-order chi connectivity index (χ1) is 13.2. The first-order valence-electron chi connectivity index (χ1n) is 8.86. The standard InChI is InChI=1S/C19H23N3O5S/c1-12-9-15(10-13(2)21-12)14-3-5-16(6-4-14)28(26,27)17-7-8-20-11-19(17,24)18(23)22-25/h3-6,9-10,17,20,24-25H,7-8,11H2,1-2H3,(H,22,23). The van der Waals surface area contributed by atoms with E-state index < -0.39 is 26.6 Å². The molecule has 1 aromatic carbocycles. The topological polar surface area (TPSA) is 129 Å². The molecule has 1 aliphatic rings. The molecule has 1 saturated heterocycles.